The van der Waals surface area contributed by atoms with Crippen LogP contribution in [0.2, 0.25) is 0 Å². The normalized spacial score (nSPS) is 30.4. The van der Waals surface area contributed by atoms with E-state index in [0.29, 0.717) is 12.1 Å². The maximum absolute atomic E-state index is 10.9. The number of piperidine rings is 1. The molecule has 2 bridgehead atoms. The lowest BCUT2D eigenvalue weighted by atomic mass is 10.0. The van der Waals surface area contributed by atoms with Gasteiger partial charge in [-0.1, -0.05) is 0 Å². The van der Waals surface area contributed by atoms with Crippen molar-refractivity contribution in [2.24, 2.45) is 7.05 Å². The number of nitrogens with one attached hydrogen (secondary N) is 1. The summed E-state index contributed by atoms with van der Waals surface area (Å²) < 4.78 is 7.16. The van der Waals surface area contributed by atoms with Gasteiger partial charge < -0.3 is 10.1 Å². The van der Waals surface area contributed by atoms with E-state index in [2.05, 4.69) is 10.4 Å². The molecule has 1 aromatic rings. The average Bonchev–Trinajstić information content (AvgIpc) is 2.82. The summed E-state index contributed by atoms with van der Waals surface area (Å²) in [6.45, 7) is 0. The van der Waals surface area contributed by atoms with Crippen LogP contribution in [0.15, 0.2) is 6.20 Å². The Bertz CT molecular complexity index is 461. The summed E-state index contributed by atoms with van der Waals surface area (Å²) in [5.74, 6) is 0.147. The van der Waals surface area contributed by atoms with Gasteiger partial charge in [0.25, 0.3) is 0 Å². The smallest absolute Gasteiger partial charge is 0.350 e. The Hall–Kier alpha value is -1.63. The first-order chi connectivity index (χ1) is 8.61. The molecule has 7 nitrogen and oxygen atoms in total. The predicted molar refractivity (Wildman–Crippen MR) is 63.5 cm³/mol. The number of aryl methyl sites for hydroxylation is 1. The Morgan fingerprint density at radius 2 is 2.17 bits per heavy atom. The third-order valence-corrected chi connectivity index (χ3v) is 3.68. The lowest BCUT2D eigenvalue weighted by Gasteiger charge is -2.28. The van der Waals surface area contributed by atoms with E-state index in [9.17, 15) is 10.1 Å². The standard InChI is InChI=1S/C11H16N4O3/c1-14-6-10(15(16)17)11(13-14)18-9-4-7-2-3-8(5-9)12-7/h6-9,12H,2-5H2,1H3. The highest BCUT2D eigenvalue weighted by atomic mass is 16.6. The Balaban J connectivity index is 1.74. The molecule has 0 radical (unpaired) electrons. The zero-order valence-electron chi connectivity index (χ0n) is 10.2. The molecule has 2 saturated heterocycles. The molecule has 7 heteroatoms. The lowest BCUT2D eigenvalue weighted by Crippen LogP contribution is -2.42. The first-order valence-electron chi connectivity index (χ1n) is 6.22. The predicted octanol–water partition coefficient (Wildman–Crippen LogP) is 0.990. The van der Waals surface area contributed by atoms with Gasteiger partial charge in [0, 0.05) is 19.1 Å². The monoisotopic (exact) mass is 252 g/mol. The van der Waals surface area contributed by atoms with Gasteiger partial charge >= 0.3 is 11.6 Å². The van der Waals surface area contributed by atoms with Crippen LogP contribution in [-0.2, 0) is 7.05 Å². The minimum atomic E-state index is -0.446. The topological polar surface area (TPSA) is 82.2 Å². The molecular formula is C11H16N4O3. The van der Waals surface area contributed by atoms with Crippen molar-refractivity contribution < 1.29 is 9.66 Å². The van der Waals surface area contributed by atoms with Crippen LogP contribution in [0.25, 0.3) is 0 Å². The zero-order valence-corrected chi connectivity index (χ0v) is 10.2. The van der Waals surface area contributed by atoms with E-state index < -0.39 is 4.92 Å². The summed E-state index contributed by atoms with van der Waals surface area (Å²) in [5, 5.41) is 18.4. The second kappa shape index (κ2) is 4.24. The van der Waals surface area contributed by atoms with E-state index in [1.807, 2.05) is 0 Å². The van der Waals surface area contributed by atoms with Crippen molar-refractivity contribution >= 4 is 5.69 Å². The number of hydrogen-bond acceptors (Lipinski definition) is 5. The Morgan fingerprint density at radius 1 is 1.50 bits per heavy atom. The molecular weight excluding hydrogens is 236 g/mol. The molecule has 18 heavy (non-hydrogen) atoms. The summed E-state index contributed by atoms with van der Waals surface area (Å²) in [4.78, 5) is 10.4. The molecule has 0 spiro atoms. The van der Waals surface area contributed by atoms with Crippen molar-refractivity contribution in [3.63, 3.8) is 0 Å². The molecule has 3 rings (SSSR count). The fourth-order valence-electron chi connectivity index (χ4n) is 2.92. The van der Waals surface area contributed by atoms with E-state index >= 15 is 0 Å². The van der Waals surface area contributed by atoms with Crippen molar-refractivity contribution in [2.75, 3.05) is 0 Å². The van der Waals surface area contributed by atoms with Crippen LogP contribution in [0.4, 0.5) is 5.69 Å². The highest BCUT2D eigenvalue weighted by molar-refractivity contribution is 5.38. The quantitative estimate of drug-likeness (QED) is 0.640. The van der Waals surface area contributed by atoms with Crippen molar-refractivity contribution in [1.29, 1.82) is 0 Å². The average molecular weight is 252 g/mol. The van der Waals surface area contributed by atoms with Crippen LogP contribution in [-0.4, -0.2) is 32.9 Å². The summed E-state index contributed by atoms with van der Waals surface area (Å²) in [6.07, 6.45) is 5.58. The third-order valence-electron chi connectivity index (χ3n) is 3.68. The van der Waals surface area contributed by atoms with Gasteiger partial charge in [-0.3, -0.25) is 14.8 Å². The molecule has 2 aliphatic rings. The maximum atomic E-state index is 10.9. The molecule has 98 valence electrons. The van der Waals surface area contributed by atoms with Crippen molar-refractivity contribution in [1.82, 2.24) is 15.1 Å². The van der Waals surface area contributed by atoms with Gasteiger partial charge in [0.05, 0.1) is 4.92 Å². The number of nitro groups is 1. The van der Waals surface area contributed by atoms with Gasteiger partial charge in [0.2, 0.25) is 0 Å². The van der Waals surface area contributed by atoms with E-state index in [1.54, 1.807) is 7.05 Å². The first-order valence-corrected chi connectivity index (χ1v) is 6.22. The third kappa shape index (κ3) is 2.05. The Morgan fingerprint density at radius 3 is 2.78 bits per heavy atom. The van der Waals surface area contributed by atoms with Crippen LogP contribution in [0.1, 0.15) is 25.7 Å². The SMILES string of the molecule is Cn1cc([N+](=O)[O-])c(OC2CC3CCC(C2)N3)n1. The van der Waals surface area contributed by atoms with E-state index in [-0.39, 0.29) is 17.7 Å². The van der Waals surface area contributed by atoms with Gasteiger partial charge in [-0.15, -0.1) is 5.10 Å². The van der Waals surface area contributed by atoms with E-state index in [1.165, 1.54) is 23.7 Å². The van der Waals surface area contributed by atoms with Crippen molar-refractivity contribution in [3.8, 4) is 5.88 Å². The molecule has 0 aliphatic carbocycles. The Kier molecular flexibility index (Phi) is 2.70. The molecule has 2 fully saturated rings. The molecule has 0 aromatic carbocycles. The van der Waals surface area contributed by atoms with Crippen LogP contribution < -0.4 is 10.1 Å². The number of hydrogen-bond donors (Lipinski definition) is 1. The fraction of sp³-hybridized carbons (Fsp3) is 0.727. The van der Waals surface area contributed by atoms with Gasteiger partial charge in [-0.05, 0) is 25.7 Å². The molecule has 0 saturated carbocycles. The molecule has 1 N–H and O–H groups in total. The summed E-state index contributed by atoms with van der Waals surface area (Å²) >= 11 is 0. The van der Waals surface area contributed by atoms with Gasteiger partial charge in [0.15, 0.2) is 0 Å². The largest absolute Gasteiger partial charge is 0.468 e. The highest BCUT2D eigenvalue weighted by Crippen LogP contribution is 2.32. The number of rotatable bonds is 3. The molecule has 1 aromatic heterocycles. The van der Waals surface area contributed by atoms with Crippen LogP contribution >= 0.6 is 0 Å². The van der Waals surface area contributed by atoms with Crippen LogP contribution in [0.5, 0.6) is 5.88 Å². The molecule has 3 heterocycles. The summed E-state index contributed by atoms with van der Waals surface area (Å²) in [5.41, 5.74) is -0.0524. The van der Waals surface area contributed by atoms with Gasteiger partial charge in [-0.25, -0.2) is 0 Å². The van der Waals surface area contributed by atoms with Crippen molar-refractivity contribution in [2.45, 2.75) is 43.9 Å². The van der Waals surface area contributed by atoms with Gasteiger partial charge in [0.1, 0.15) is 12.3 Å². The van der Waals surface area contributed by atoms with Crippen LogP contribution in [0, 0.1) is 10.1 Å². The lowest BCUT2D eigenvalue weighted by molar-refractivity contribution is -0.386. The van der Waals surface area contributed by atoms with Crippen molar-refractivity contribution in [3.05, 3.63) is 16.3 Å². The van der Waals surface area contributed by atoms with E-state index in [0.717, 1.165) is 12.8 Å². The zero-order chi connectivity index (χ0) is 12.7. The summed E-state index contributed by atoms with van der Waals surface area (Å²) in [6, 6.07) is 0.994. The van der Waals surface area contributed by atoms with Crippen LogP contribution in [0.3, 0.4) is 0 Å². The van der Waals surface area contributed by atoms with Gasteiger partial charge in [-0.2, -0.15) is 0 Å². The Labute approximate surface area is 104 Å². The first kappa shape index (κ1) is 11.5. The molecule has 2 unspecified atom stereocenters. The fourth-order valence-corrected chi connectivity index (χ4v) is 2.92. The molecule has 2 atom stereocenters. The van der Waals surface area contributed by atoms with E-state index in [4.69, 9.17) is 4.74 Å². The molecule has 0 amide bonds. The number of ether oxygens (including phenoxy) is 1. The summed E-state index contributed by atoms with van der Waals surface area (Å²) in [7, 11) is 1.66. The second-order valence-electron chi connectivity index (χ2n) is 5.10. The minimum Gasteiger partial charge on any atom is -0.468 e. The number of nitrogens with zero attached hydrogens (tertiary/aromatic N) is 3. The number of aromatic nitrogens is 2. The molecule has 2 aliphatic heterocycles. The minimum absolute atomic E-state index is 0.0392. The number of fused-ring (bicyclic) bond motifs is 2. The highest BCUT2D eigenvalue weighted by Gasteiger charge is 2.36. The maximum Gasteiger partial charge on any atom is 0.350 e. The second-order valence-corrected chi connectivity index (χ2v) is 5.10.